The lowest BCUT2D eigenvalue weighted by Crippen LogP contribution is -2.40. The van der Waals surface area contributed by atoms with Crippen molar-refractivity contribution in [3.8, 4) is 0 Å². The summed E-state index contributed by atoms with van der Waals surface area (Å²) >= 11 is 0. The van der Waals surface area contributed by atoms with Gasteiger partial charge in [-0.3, -0.25) is 4.79 Å². The number of anilines is 4. The summed E-state index contributed by atoms with van der Waals surface area (Å²) in [5.41, 5.74) is 1.18. The number of aliphatic hydroxyl groups excluding tert-OH is 1. The van der Waals surface area contributed by atoms with Crippen molar-refractivity contribution in [3.05, 3.63) is 66.1 Å². The van der Waals surface area contributed by atoms with Crippen LogP contribution in [-0.2, 0) is 14.8 Å². The standard InChI is InChI=1S/C27H31FN6O5S/c28-18-1-3-21(4-2-18)32-27-29-17-24(25(33-27)30-19-5-9-22(35)10-6-19)26(36)31-20-7-11-23(12-8-20)40(37,38)34-13-15-39-16-14-34/h1-4,7-8,11-12,17,19,22,35H,5-6,9-10,13-16H2,(H,31,36)(H2,29,30,32,33). The maximum Gasteiger partial charge on any atom is 0.260 e. The van der Waals surface area contributed by atoms with Gasteiger partial charge < -0.3 is 25.8 Å². The first kappa shape index (κ1) is 27.9. The van der Waals surface area contributed by atoms with Crippen LogP contribution in [0.15, 0.2) is 59.6 Å². The molecule has 5 rings (SSSR count). The zero-order chi connectivity index (χ0) is 28.1. The van der Waals surface area contributed by atoms with Gasteiger partial charge in [0.1, 0.15) is 17.2 Å². The zero-order valence-electron chi connectivity index (χ0n) is 21.7. The molecule has 40 heavy (non-hydrogen) atoms. The summed E-state index contributed by atoms with van der Waals surface area (Å²) in [4.78, 5) is 22.2. The summed E-state index contributed by atoms with van der Waals surface area (Å²) in [6, 6.07) is 11.7. The van der Waals surface area contributed by atoms with Gasteiger partial charge in [-0.05, 0) is 74.2 Å². The van der Waals surface area contributed by atoms with Crippen molar-refractivity contribution in [3.63, 3.8) is 0 Å². The van der Waals surface area contributed by atoms with Gasteiger partial charge in [0.2, 0.25) is 16.0 Å². The molecular formula is C27H31FN6O5S. The molecular weight excluding hydrogens is 539 g/mol. The molecule has 1 amide bonds. The van der Waals surface area contributed by atoms with Gasteiger partial charge in [-0.1, -0.05) is 0 Å². The Hall–Kier alpha value is -3.65. The van der Waals surface area contributed by atoms with E-state index < -0.39 is 15.9 Å². The number of nitrogens with one attached hydrogen (secondary N) is 3. The summed E-state index contributed by atoms with van der Waals surface area (Å²) in [6.07, 6.45) is 3.77. The minimum atomic E-state index is -3.65. The molecule has 0 bridgehead atoms. The second-order valence-electron chi connectivity index (χ2n) is 9.73. The van der Waals surface area contributed by atoms with Gasteiger partial charge in [0.05, 0.1) is 24.2 Å². The van der Waals surface area contributed by atoms with Crippen molar-refractivity contribution in [2.75, 3.05) is 42.3 Å². The van der Waals surface area contributed by atoms with E-state index in [-0.39, 0.29) is 34.4 Å². The molecule has 0 unspecified atom stereocenters. The predicted molar refractivity (Wildman–Crippen MR) is 148 cm³/mol. The van der Waals surface area contributed by atoms with E-state index >= 15 is 0 Å². The first-order valence-corrected chi connectivity index (χ1v) is 14.6. The second-order valence-corrected chi connectivity index (χ2v) is 11.7. The number of carbonyl (C=O) groups is 1. The number of benzene rings is 2. The number of carbonyl (C=O) groups excluding carboxylic acids is 1. The van der Waals surface area contributed by atoms with E-state index in [0.29, 0.717) is 69.2 Å². The lowest BCUT2D eigenvalue weighted by atomic mass is 9.93. The SMILES string of the molecule is O=C(Nc1ccc(S(=O)(=O)N2CCOCC2)cc1)c1cnc(Nc2ccc(F)cc2)nc1NC1CCC(O)CC1. The number of morpholine rings is 1. The molecule has 0 radical (unpaired) electrons. The number of aliphatic hydroxyl groups is 1. The average molecular weight is 571 g/mol. The van der Waals surface area contributed by atoms with E-state index in [9.17, 15) is 22.7 Å². The quantitative estimate of drug-likeness (QED) is 0.320. The lowest BCUT2D eigenvalue weighted by molar-refractivity contribution is 0.0730. The highest BCUT2D eigenvalue weighted by molar-refractivity contribution is 7.89. The van der Waals surface area contributed by atoms with Crippen LogP contribution in [0, 0.1) is 5.82 Å². The Labute approximate surface area is 231 Å². The monoisotopic (exact) mass is 570 g/mol. The molecule has 1 aliphatic heterocycles. The van der Waals surface area contributed by atoms with Crippen LogP contribution >= 0.6 is 0 Å². The lowest BCUT2D eigenvalue weighted by Gasteiger charge is -2.27. The molecule has 2 aromatic carbocycles. The number of amides is 1. The molecule has 2 heterocycles. The Balaban J connectivity index is 1.33. The number of hydrogen-bond donors (Lipinski definition) is 4. The van der Waals surface area contributed by atoms with Gasteiger partial charge in [0.25, 0.3) is 5.91 Å². The van der Waals surface area contributed by atoms with Crippen LogP contribution in [0.4, 0.5) is 27.5 Å². The van der Waals surface area contributed by atoms with Crippen molar-refractivity contribution in [2.45, 2.75) is 42.7 Å². The van der Waals surface area contributed by atoms with Crippen LogP contribution in [0.5, 0.6) is 0 Å². The number of aromatic nitrogens is 2. The van der Waals surface area contributed by atoms with Gasteiger partial charge in [-0.25, -0.2) is 17.8 Å². The van der Waals surface area contributed by atoms with E-state index in [1.165, 1.54) is 46.9 Å². The fourth-order valence-corrected chi connectivity index (χ4v) is 6.05. The molecule has 2 aliphatic rings. The maximum atomic E-state index is 13.3. The highest BCUT2D eigenvalue weighted by atomic mass is 32.2. The van der Waals surface area contributed by atoms with Crippen LogP contribution in [0.3, 0.4) is 0 Å². The normalized spacial score (nSPS) is 20.1. The van der Waals surface area contributed by atoms with E-state index in [1.807, 2.05) is 0 Å². The van der Waals surface area contributed by atoms with Crippen LogP contribution < -0.4 is 16.0 Å². The van der Waals surface area contributed by atoms with Gasteiger partial charge in [-0.15, -0.1) is 0 Å². The van der Waals surface area contributed by atoms with Gasteiger partial charge in [-0.2, -0.15) is 9.29 Å². The Bertz CT molecular complexity index is 1420. The van der Waals surface area contributed by atoms with Crippen molar-refractivity contribution in [1.82, 2.24) is 14.3 Å². The fraction of sp³-hybridized carbons (Fsp3) is 0.370. The van der Waals surface area contributed by atoms with E-state index in [1.54, 1.807) is 12.1 Å². The third-order valence-corrected chi connectivity index (χ3v) is 8.80. The molecule has 3 aromatic rings. The van der Waals surface area contributed by atoms with E-state index in [2.05, 4.69) is 25.9 Å². The largest absolute Gasteiger partial charge is 0.393 e. The summed E-state index contributed by atoms with van der Waals surface area (Å²) in [7, 11) is -3.65. The van der Waals surface area contributed by atoms with Crippen LogP contribution in [0.2, 0.25) is 0 Å². The van der Waals surface area contributed by atoms with Crippen molar-refractivity contribution in [2.24, 2.45) is 0 Å². The molecule has 4 N–H and O–H groups in total. The number of halogens is 1. The summed E-state index contributed by atoms with van der Waals surface area (Å²) in [5.74, 6) is -0.313. The Kier molecular flexibility index (Phi) is 8.54. The highest BCUT2D eigenvalue weighted by Crippen LogP contribution is 2.26. The van der Waals surface area contributed by atoms with Crippen LogP contribution in [0.1, 0.15) is 36.0 Å². The summed E-state index contributed by atoms with van der Waals surface area (Å²) in [5, 5.41) is 19.0. The highest BCUT2D eigenvalue weighted by Gasteiger charge is 2.27. The minimum absolute atomic E-state index is 0.00759. The molecule has 1 saturated carbocycles. The fourth-order valence-electron chi connectivity index (χ4n) is 4.64. The topological polar surface area (TPSA) is 146 Å². The number of ether oxygens (including phenoxy) is 1. The number of rotatable bonds is 8. The molecule has 13 heteroatoms. The van der Waals surface area contributed by atoms with Crippen molar-refractivity contribution in [1.29, 1.82) is 0 Å². The Morgan fingerprint density at radius 2 is 1.62 bits per heavy atom. The summed E-state index contributed by atoms with van der Waals surface area (Å²) < 4.78 is 45.7. The van der Waals surface area contributed by atoms with Gasteiger partial charge in [0.15, 0.2) is 0 Å². The number of hydrogen-bond acceptors (Lipinski definition) is 9. The zero-order valence-corrected chi connectivity index (χ0v) is 22.5. The third-order valence-electron chi connectivity index (χ3n) is 6.89. The minimum Gasteiger partial charge on any atom is -0.393 e. The molecule has 0 atom stereocenters. The van der Waals surface area contributed by atoms with E-state index in [0.717, 1.165) is 0 Å². The molecule has 1 saturated heterocycles. The Morgan fingerprint density at radius 3 is 2.30 bits per heavy atom. The number of nitrogens with zero attached hydrogens (tertiary/aromatic N) is 3. The molecule has 212 valence electrons. The van der Waals surface area contributed by atoms with Crippen molar-refractivity contribution >= 4 is 39.1 Å². The summed E-state index contributed by atoms with van der Waals surface area (Å²) in [6.45, 7) is 1.29. The molecule has 1 aliphatic carbocycles. The average Bonchev–Trinajstić information content (AvgIpc) is 2.96. The van der Waals surface area contributed by atoms with Crippen LogP contribution in [0.25, 0.3) is 0 Å². The smallest absolute Gasteiger partial charge is 0.260 e. The first-order valence-electron chi connectivity index (χ1n) is 13.1. The molecule has 0 spiro atoms. The number of sulfonamides is 1. The van der Waals surface area contributed by atoms with Gasteiger partial charge >= 0.3 is 0 Å². The third kappa shape index (κ3) is 6.73. The predicted octanol–water partition coefficient (Wildman–Crippen LogP) is 3.35. The van der Waals surface area contributed by atoms with Crippen molar-refractivity contribution < 1.29 is 27.4 Å². The first-order chi connectivity index (χ1) is 19.3. The van der Waals surface area contributed by atoms with Crippen LogP contribution in [-0.4, -0.2) is 72.2 Å². The maximum absolute atomic E-state index is 13.3. The molecule has 2 fully saturated rings. The molecule has 1 aromatic heterocycles. The second kappa shape index (κ2) is 12.3. The van der Waals surface area contributed by atoms with Gasteiger partial charge in [0, 0.05) is 36.7 Å². The molecule has 11 nitrogen and oxygen atoms in total. The Morgan fingerprint density at radius 1 is 0.975 bits per heavy atom. The van der Waals surface area contributed by atoms with E-state index in [4.69, 9.17) is 4.74 Å².